The predicted octanol–water partition coefficient (Wildman–Crippen LogP) is 3.30. The number of rotatable bonds is 4. The molecule has 0 heterocycles. The zero-order valence-electron chi connectivity index (χ0n) is 9.28. The van der Waals surface area contributed by atoms with Gasteiger partial charge in [-0.2, -0.15) is 0 Å². The van der Waals surface area contributed by atoms with Crippen molar-refractivity contribution in [3.63, 3.8) is 0 Å². The van der Waals surface area contributed by atoms with Gasteiger partial charge in [-0.05, 0) is 26.0 Å². The summed E-state index contributed by atoms with van der Waals surface area (Å²) in [6, 6.07) is 9.91. The van der Waals surface area contributed by atoms with Crippen LogP contribution in [-0.2, 0) is 0 Å². The molecule has 0 spiro atoms. The number of hydrogen-bond acceptors (Lipinski definition) is 1. The molecule has 0 aliphatic rings. The summed E-state index contributed by atoms with van der Waals surface area (Å²) in [5, 5.41) is 0. The Kier molecular flexibility index (Phi) is 5.19. The second kappa shape index (κ2) is 6.46. The van der Waals surface area contributed by atoms with Crippen molar-refractivity contribution in [1.29, 1.82) is 0 Å². The highest BCUT2D eigenvalue weighted by Gasteiger charge is 2.05. The molecule has 0 radical (unpaired) electrons. The third kappa shape index (κ3) is 3.56. The summed E-state index contributed by atoms with van der Waals surface area (Å²) in [4.78, 5) is 6.70. The van der Waals surface area contributed by atoms with Crippen molar-refractivity contribution in [2.75, 3.05) is 19.0 Å². The van der Waals surface area contributed by atoms with Crippen LogP contribution in [0, 0.1) is 0 Å². The fourth-order valence-corrected chi connectivity index (χ4v) is 1.65. The summed E-state index contributed by atoms with van der Waals surface area (Å²) in [6.07, 6.45) is 0. The number of halogens is 1. The number of benzene rings is 1. The van der Waals surface area contributed by atoms with Crippen LogP contribution < -0.4 is 0 Å². The lowest BCUT2D eigenvalue weighted by Crippen LogP contribution is -2.31. The quantitative estimate of drug-likeness (QED) is 0.435. The predicted molar refractivity (Wildman–Crippen MR) is 67.2 cm³/mol. The summed E-state index contributed by atoms with van der Waals surface area (Å²) in [5.41, 5.74) is 0.958. The Bertz CT molecular complexity index is 305. The van der Waals surface area contributed by atoms with Crippen LogP contribution in [0.15, 0.2) is 35.3 Å². The van der Waals surface area contributed by atoms with Crippen LogP contribution in [0.5, 0.6) is 0 Å². The van der Waals surface area contributed by atoms with Crippen LogP contribution in [0.25, 0.3) is 0 Å². The SMILES string of the molecule is CCN(CC)C(CCl)=Nc1ccccc1. The molecule has 3 heteroatoms. The van der Waals surface area contributed by atoms with E-state index in [1.165, 1.54) is 0 Å². The van der Waals surface area contributed by atoms with Crippen molar-refractivity contribution in [3.05, 3.63) is 30.3 Å². The molecule has 15 heavy (non-hydrogen) atoms. The molecule has 2 nitrogen and oxygen atoms in total. The number of amidine groups is 1. The number of aliphatic imine (C=N–C) groups is 1. The molecule has 1 rings (SSSR count). The fourth-order valence-electron chi connectivity index (χ4n) is 1.43. The molecule has 0 saturated heterocycles. The third-order valence-corrected chi connectivity index (χ3v) is 2.50. The van der Waals surface area contributed by atoms with Crippen LogP contribution in [0.1, 0.15) is 13.8 Å². The van der Waals surface area contributed by atoms with E-state index in [9.17, 15) is 0 Å². The summed E-state index contributed by atoms with van der Waals surface area (Å²) < 4.78 is 0. The molecule has 0 aliphatic carbocycles. The van der Waals surface area contributed by atoms with E-state index in [-0.39, 0.29) is 0 Å². The molecule has 0 atom stereocenters. The van der Waals surface area contributed by atoms with Gasteiger partial charge < -0.3 is 4.90 Å². The number of hydrogen-bond donors (Lipinski definition) is 0. The van der Waals surface area contributed by atoms with Crippen molar-refractivity contribution in [2.24, 2.45) is 4.99 Å². The maximum Gasteiger partial charge on any atom is 0.120 e. The zero-order chi connectivity index (χ0) is 11.1. The summed E-state index contributed by atoms with van der Waals surface area (Å²) in [7, 11) is 0. The number of alkyl halides is 1. The van der Waals surface area contributed by atoms with Crippen LogP contribution >= 0.6 is 11.6 Å². The van der Waals surface area contributed by atoms with E-state index in [2.05, 4.69) is 23.7 Å². The van der Waals surface area contributed by atoms with Gasteiger partial charge in [0.15, 0.2) is 0 Å². The number of nitrogens with zero attached hydrogens (tertiary/aromatic N) is 2. The molecule has 82 valence electrons. The van der Waals surface area contributed by atoms with E-state index in [1.54, 1.807) is 0 Å². The first-order chi connectivity index (χ1) is 7.31. The molecule has 1 aromatic carbocycles. The van der Waals surface area contributed by atoms with E-state index < -0.39 is 0 Å². The van der Waals surface area contributed by atoms with Gasteiger partial charge in [-0.15, -0.1) is 11.6 Å². The minimum Gasteiger partial charge on any atom is -0.360 e. The first-order valence-electron chi connectivity index (χ1n) is 5.25. The van der Waals surface area contributed by atoms with Gasteiger partial charge in [0.25, 0.3) is 0 Å². The Hall–Kier alpha value is -1.02. The lowest BCUT2D eigenvalue weighted by Gasteiger charge is -2.21. The fraction of sp³-hybridized carbons (Fsp3) is 0.417. The van der Waals surface area contributed by atoms with E-state index in [0.717, 1.165) is 24.6 Å². The molecule has 0 bridgehead atoms. The standard InChI is InChI=1S/C12H17ClN2/c1-3-15(4-2)12(10-13)14-11-8-6-5-7-9-11/h5-9H,3-4,10H2,1-2H3. The molecule has 0 amide bonds. The third-order valence-electron chi connectivity index (χ3n) is 2.26. The van der Waals surface area contributed by atoms with Crippen molar-refractivity contribution in [2.45, 2.75) is 13.8 Å². The van der Waals surface area contributed by atoms with Crippen molar-refractivity contribution >= 4 is 23.1 Å². The summed E-state index contributed by atoms with van der Waals surface area (Å²) in [6.45, 7) is 6.09. The topological polar surface area (TPSA) is 15.6 Å². The highest BCUT2D eigenvalue weighted by molar-refractivity contribution is 6.28. The minimum absolute atomic E-state index is 0.455. The van der Waals surface area contributed by atoms with Crippen LogP contribution in [0.4, 0.5) is 5.69 Å². The Labute approximate surface area is 96.6 Å². The highest BCUT2D eigenvalue weighted by Crippen LogP contribution is 2.11. The molecule has 0 fully saturated rings. The van der Waals surface area contributed by atoms with Crippen LogP contribution in [0.2, 0.25) is 0 Å². The summed E-state index contributed by atoms with van der Waals surface area (Å²) >= 11 is 5.90. The van der Waals surface area contributed by atoms with Gasteiger partial charge in [-0.1, -0.05) is 18.2 Å². The Morgan fingerprint density at radius 1 is 1.20 bits per heavy atom. The Morgan fingerprint density at radius 3 is 2.27 bits per heavy atom. The molecule has 0 aromatic heterocycles. The average molecular weight is 225 g/mol. The molecule has 0 N–H and O–H groups in total. The maximum absolute atomic E-state index is 5.90. The van der Waals surface area contributed by atoms with Gasteiger partial charge >= 0.3 is 0 Å². The van der Waals surface area contributed by atoms with Crippen molar-refractivity contribution < 1.29 is 0 Å². The number of para-hydroxylation sites is 1. The Morgan fingerprint density at radius 2 is 1.80 bits per heavy atom. The molecular formula is C12H17ClN2. The molecule has 0 saturated carbocycles. The Balaban J connectivity index is 2.86. The molecular weight excluding hydrogens is 208 g/mol. The van der Waals surface area contributed by atoms with Crippen LogP contribution in [-0.4, -0.2) is 29.7 Å². The van der Waals surface area contributed by atoms with Gasteiger partial charge in [-0.3, -0.25) is 0 Å². The van der Waals surface area contributed by atoms with Gasteiger partial charge in [-0.25, -0.2) is 4.99 Å². The van der Waals surface area contributed by atoms with Gasteiger partial charge in [0.1, 0.15) is 5.84 Å². The molecule has 0 aliphatic heterocycles. The minimum atomic E-state index is 0.455. The normalized spacial score (nSPS) is 11.5. The second-order valence-electron chi connectivity index (χ2n) is 3.17. The van der Waals surface area contributed by atoms with Crippen LogP contribution in [0.3, 0.4) is 0 Å². The first-order valence-corrected chi connectivity index (χ1v) is 5.78. The largest absolute Gasteiger partial charge is 0.360 e. The van der Waals surface area contributed by atoms with E-state index in [4.69, 9.17) is 11.6 Å². The van der Waals surface area contributed by atoms with Gasteiger partial charge in [0.2, 0.25) is 0 Å². The maximum atomic E-state index is 5.90. The second-order valence-corrected chi connectivity index (χ2v) is 3.44. The average Bonchev–Trinajstić information content (AvgIpc) is 2.30. The van der Waals surface area contributed by atoms with E-state index in [1.807, 2.05) is 30.3 Å². The monoisotopic (exact) mass is 224 g/mol. The highest BCUT2D eigenvalue weighted by atomic mass is 35.5. The van der Waals surface area contributed by atoms with Gasteiger partial charge in [0.05, 0.1) is 11.6 Å². The molecule has 0 unspecified atom stereocenters. The first kappa shape index (κ1) is 12.1. The molecule has 1 aromatic rings. The van der Waals surface area contributed by atoms with E-state index >= 15 is 0 Å². The lowest BCUT2D eigenvalue weighted by atomic mass is 10.3. The van der Waals surface area contributed by atoms with E-state index in [0.29, 0.717) is 5.88 Å². The smallest absolute Gasteiger partial charge is 0.120 e. The van der Waals surface area contributed by atoms with Gasteiger partial charge in [0, 0.05) is 13.1 Å². The van der Waals surface area contributed by atoms with Crippen molar-refractivity contribution in [3.8, 4) is 0 Å². The summed E-state index contributed by atoms with van der Waals surface area (Å²) in [5.74, 6) is 1.39. The zero-order valence-corrected chi connectivity index (χ0v) is 10.0. The lowest BCUT2D eigenvalue weighted by molar-refractivity contribution is 0.463. The van der Waals surface area contributed by atoms with Crippen molar-refractivity contribution in [1.82, 2.24) is 4.90 Å².